The number of aliphatic hydroxyl groups is 1. The molecule has 1 atom stereocenters. The van der Waals surface area contributed by atoms with Crippen molar-refractivity contribution in [2.45, 2.75) is 23.8 Å². The van der Waals surface area contributed by atoms with Crippen LogP contribution in [0.15, 0.2) is 47.4 Å². The fraction of sp³-hybridized carbons (Fsp3) is 0.400. The van der Waals surface area contributed by atoms with E-state index in [-0.39, 0.29) is 11.5 Å². The third kappa shape index (κ3) is 5.69. The SMILES string of the molecule is CS(=O)(=O)c1ccc(-c2cc(Cl)cc(OCC(O)CN3CCCC3)c2)cc1. The van der Waals surface area contributed by atoms with Crippen LogP contribution >= 0.6 is 11.6 Å². The standard InChI is InChI=1S/C20H24ClNO4S/c1-27(24,25)20-6-4-15(5-7-20)16-10-17(21)12-19(11-16)26-14-18(23)13-22-8-2-3-9-22/h4-7,10-12,18,23H,2-3,8-9,13-14H2,1H3. The van der Waals surface area contributed by atoms with Crippen molar-refractivity contribution < 1.29 is 18.3 Å². The van der Waals surface area contributed by atoms with E-state index in [2.05, 4.69) is 4.90 Å². The summed E-state index contributed by atoms with van der Waals surface area (Å²) in [6.07, 6.45) is 2.99. The van der Waals surface area contributed by atoms with Crippen molar-refractivity contribution in [3.63, 3.8) is 0 Å². The summed E-state index contributed by atoms with van der Waals surface area (Å²) in [6.45, 7) is 2.87. The summed E-state index contributed by atoms with van der Waals surface area (Å²) < 4.78 is 28.9. The Morgan fingerprint density at radius 3 is 2.41 bits per heavy atom. The van der Waals surface area contributed by atoms with Crippen LogP contribution in [0.25, 0.3) is 11.1 Å². The number of ether oxygens (including phenoxy) is 1. The monoisotopic (exact) mass is 409 g/mol. The molecular weight excluding hydrogens is 386 g/mol. The highest BCUT2D eigenvalue weighted by Crippen LogP contribution is 2.29. The summed E-state index contributed by atoms with van der Waals surface area (Å²) in [5.41, 5.74) is 1.67. The number of hydrogen-bond acceptors (Lipinski definition) is 5. The summed E-state index contributed by atoms with van der Waals surface area (Å²) in [7, 11) is -3.23. The Bertz CT molecular complexity index is 877. The second-order valence-electron chi connectivity index (χ2n) is 6.94. The van der Waals surface area contributed by atoms with Crippen molar-refractivity contribution in [1.29, 1.82) is 0 Å². The van der Waals surface area contributed by atoms with Gasteiger partial charge in [-0.1, -0.05) is 23.7 Å². The molecule has 146 valence electrons. The molecule has 0 bridgehead atoms. The zero-order valence-corrected chi connectivity index (χ0v) is 16.8. The van der Waals surface area contributed by atoms with E-state index in [1.807, 2.05) is 6.07 Å². The van der Waals surface area contributed by atoms with E-state index in [9.17, 15) is 13.5 Å². The number of benzene rings is 2. The Hall–Kier alpha value is -1.60. The van der Waals surface area contributed by atoms with Crippen molar-refractivity contribution in [1.82, 2.24) is 4.90 Å². The average molecular weight is 410 g/mol. The molecule has 2 aromatic rings. The second-order valence-corrected chi connectivity index (χ2v) is 9.40. The van der Waals surface area contributed by atoms with Gasteiger partial charge in [-0.25, -0.2) is 8.42 Å². The lowest BCUT2D eigenvalue weighted by atomic mass is 10.1. The van der Waals surface area contributed by atoms with Crippen LogP contribution in [-0.4, -0.2) is 57.0 Å². The summed E-state index contributed by atoms with van der Waals surface area (Å²) in [6, 6.07) is 12.0. The molecule has 0 amide bonds. The lowest BCUT2D eigenvalue weighted by molar-refractivity contribution is 0.0758. The van der Waals surface area contributed by atoms with Gasteiger partial charge in [-0.2, -0.15) is 0 Å². The molecule has 0 radical (unpaired) electrons. The molecule has 1 heterocycles. The van der Waals surface area contributed by atoms with E-state index in [1.54, 1.807) is 36.4 Å². The highest BCUT2D eigenvalue weighted by molar-refractivity contribution is 7.90. The molecule has 0 aliphatic carbocycles. The van der Waals surface area contributed by atoms with Crippen LogP contribution in [0.2, 0.25) is 5.02 Å². The van der Waals surface area contributed by atoms with E-state index in [0.29, 0.717) is 17.3 Å². The second kappa shape index (κ2) is 8.61. The van der Waals surface area contributed by atoms with Crippen LogP contribution in [-0.2, 0) is 9.84 Å². The minimum absolute atomic E-state index is 0.198. The first-order chi connectivity index (χ1) is 12.8. The Labute approximate surface area is 165 Å². The van der Waals surface area contributed by atoms with E-state index in [4.69, 9.17) is 16.3 Å². The van der Waals surface area contributed by atoms with Gasteiger partial charge in [0.25, 0.3) is 0 Å². The Balaban J connectivity index is 1.68. The molecule has 1 saturated heterocycles. The smallest absolute Gasteiger partial charge is 0.175 e. The van der Waals surface area contributed by atoms with E-state index >= 15 is 0 Å². The molecule has 0 aromatic heterocycles. The Morgan fingerprint density at radius 1 is 1.11 bits per heavy atom. The molecule has 0 saturated carbocycles. The summed E-state index contributed by atoms with van der Waals surface area (Å²) >= 11 is 6.21. The van der Waals surface area contributed by atoms with Gasteiger partial charge < -0.3 is 14.7 Å². The molecule has 0 spiro atoms. The number of likely N-dealkylation sites (tertiary alicyclic amines) is 1. The van der Waals surface area contributed by atoms with Gasteiger partial charge in [0.1, 0.15) is 18.5 Å². The first-order valence-electron chi connectivity index (χ1n) is 8.95. The van der Waals surface area contributed by atoms with E-state index in [1.165, 1.54) is 19.1 Å². The number of halogens is 1. The number of nitrogens with zero attached hydrogens (tertiary/aromatic N) is 1. The van der Waals surface area contributed by atoms with Crippen LogP contribution in [0.5, 0.6) is 5.75 Å². The van der Waals surface area contributed by atoms with Gasteiger partial charge in [-0.05, 0) is 67.4 Å². The minimum atomic E-state index is -3.23. The van der Waals surface area contributed by atoms with Gasteiger partial charge in [0.2, 0.25) is 0 Å². The first kappa shape index (κ1) is 20.1. The Kier molecular flexibility index (Phi) is 6.42. The molecule has 3 rings (SSSR count). The maximum atomic E-state index is 11.6. The largest absolute Gasteiger partial charge is 0.491 e. The maximum absolute atomic E-state index is 11.6. The van der Waals surface area contributed by atoms with E-state index < -0.39 is 15.9 Å². The van der Waals surface area contributed by atoms with Crippen molar-refractivity contribution in [2.75, 3.05) is 32.5 Å². The van der Waals surface area contributed by atoms with Gasteiger partial charge in [0.15, 0.2) is 9.84 Å². The topological polar surface area (TPSA) is 66.8 Å². The van der Waals surface area contributed by atoms with Crippen LogP contribution in [0.1, 0.15) is 12.8 Å². The molecule has 5 nitrogen and oxygen atoms in total. The molecule has 1 aliphatic rings. The molecule has 7 heteroatoms. The number of sulfone groups is 1. The zero-order chi connectivity index (χ0) is 19.4. The predicted octanol–water partition coefficient (Wildman–Crippen LogP) is 3.25. The molecule has 1 aliphatic heterocycles. The third-order valence-electron chi connectivity index (χ3n) is 4.60. The average Bonchev–Trinajstić information content (AvgIpc) is 3.12. The van der Waals surface area contributed by atoms with Crippen molar-refractivity contribution in [3.05, 3.63) is 47.5 Å². The summed E-state index contributed by atoms with van der Waals surface area (Å²) in [5, 5.41) is 10.7. The fourth-order valence-corrected chi connectivity index (χ4v) is 4.07. The lowest BCUT2D eigenvalue weighted by Crippen LogP contribution is -2.33. The Morgan fingerprint density at radius 2 is 1.78 bits per heavy atom. The van der Waals surface area contributed by atoms with Gasteiger partial charge in [-0.15, -0.1) is 0 Å². The van der Waals surface area contributed by atoms with Gasteiger partial charge in [0.05, 0.1) is 4.90 Å². The fourth-order valence-electron chi connectivity index (χ4n) is 3.22. The van der Waals surface area contributed by atoms with Crippen LogP contribution < -0.4 is 4.74 Å². The molecular formula is C20H24ClNO4S. The minimum Gasteiger partial charge on any atom is -0.491 e. The van der Waals surface area contributed by atoms with Crippen molar-refractivity contribution >= 4 is 21.4 Å². The zero-order valence-electron chi connectivity index (χ0n) is 15.3. The predicted molar refractivity (Wildman–Crippen MR) is 107 cm³/mol. The van der Waals surface area contributed by atoms with Gasteiger partial charge in [-0.3, -0.25) is 0 Å². The van der Waals surface area contributed by atoms with E-state index in [0.717, 1.165) is 24.2 Å². The van der Waals surface area contributed by atoms with Crippen molar-refractivity contribution in [3.8, 4) is 16.9 Å². The summed E-state index contributed by atoms with van der Waals surface area (Å²) in [5.74, 6) is 0.574. The normalized spacial score (nSPS) is 16.4. The summed E-state index contributed by atoms with van der Waals surface area (Å²) in [4.78, 5) is 2.51. The molecule has 1 unspecified atom stereocenters. The lowest BCUT2D eigenvalue weighted by Gasteiger charge is -2.19. The quantitative estimate of drug-likeness (QED) is 0.760. The third-order valence-corrected chi connectivity index (χ3v) is 5.94. The maximum Gasteiger partial charge on any atom is 0.175 e. The number of aliphatic hydroxyl groups excluding tert-OH is 1. The number of β-amino-alcohol motifs (C(OH)–C–C–N with tert-alkyl or cyclic N) is 1. The van der Waals surface area contributed by atoms with Crippen LogP contribution in [0.3, 0.4) is 0 Å². The van der Waals surface area contributed by atoms with Gasteiger partial charge >= 0.3 is 0 Å². The van der Waals surface area contributed by atoms with Crippen LogP contribution in [0, 0.1) is 0 Å². The number of rotatable bonds is 7. The highest BCUT2D eigenvalue weighted by Gasteiger charge is 2.16. The molecule has 1 fully saturated rings. The number of hydrogen-bond donors (Lipinski definition) is 1. The molecule has 27 heavy (non-hydrogen) atoms. The van der Waals surface area contributed by atoms with Crippen molar-refractivity contribution in [2.24, 2.45) is 0 Å². The van der Waals surface area contributed by atoms with Crippen LogP contribution in [0.4, 0.5) is 0 Å². The first-order valence-corrected chi connectivity index (χ1v) is 11.2. The molecule has 2 aromatic carbocycles. The molecule has 1 N–H and O–H groups in total. The van der Waals surface area contributed by atoms with Gasteiger partial charge in [0, 0.05) is 17.8 Å². The highest BCUT2D eigenvalue weighted by atomic mass is 35.5.